The molecule has 0 spiro atoms. The van der Waals surface area contributed by atoms with E-state index in [9.17, 15) is 4.79 Å². The molecule has 2 saturated heterocycles. The van der Waals surface area contributed by atoms with Gasteiger partial charge in [0.1, 0.15) is 0 Å². The lowest BCUT2D eigenvalue weighted by molar-refractivity contribution is -0.132. The summed E-state index contributed by atoms with van der Waals surface area (Å²) in [5.74, 6) is 1.06. The largest absolute Gasteiger partial charge is 0.338 e. The van der Waals surface area contributed by atoms with Gasteiger partial charge in [-0.15, -0.1) is 0 Å². The number of rotatable bonds is 4. The van der Waals surface area contributed by atoms with Crippen LogP contribution in [0.3, 0.4) is 0 Å². The minimum Gasteiger partial charge on any atom is -0.338 e. The molecule has 1 atom stereocenters. The second kappa shape index (κ2) is 7.64. The molecule has 1 aromatic heterocycles. The van der Waals surface area contributed by atoms with E-state index in [1.165, 1.54) is 11.1 Å². The number of anilines is 1. The predicted molar refractivity (Wildman–Crippen MR) is 106 cm³/mol. The Bertz CT molecular complexity index is 781. The van der Waals surface area contributed by atoms with Crippen molar-refractivity contribution in [3.05, 3.63) is 53.3 Å². The molecule has 2 aromatic rings. The third-order valence-electron chi connectivity index (χ3n) is 5.57. The molecule has 0 saturated carbocycles. The summed E-state index contributed by atoms with van der Waals surface area (Å²) >= 11 is 0. The summed E-state index contributed by atoms with van der Waals surface area (Å²) in [6.45, 7) is 9.14. The van der Waals surface area contributed by atoms with E-state index in [2.05, 4.69) is 51.0 Å². The van der Waals surface area contributed by atoms with Crippen LogP contribution in [0.4, 0.5) is 5.95 Å². The van der Waals surface area contributed by atoms with E-state index in [1.54, 1.807) is 0 Å². The first-order valence-corrected chi connectivity index (χ1v) is 9.72. The van der Waals surface area contributed by atoms with E-state index in [4.69, 9.17) is 0 Å². The summed E-state index contributed by atoms with van der Waals surface area (Å²) in [5.41, 5.74) is 3.53. The minimum atomic E-state index is 0.0246. The van der Waals surface area contributed by atoms with Gasteiger partial charge >= 0.3 is 0 Å². The summed E-state index contributed by atoms with van der Waals surface area (Å²) < 4.78 is 0. The molecule has 6 heteroatoms. The Morgan fingerprint density at radius 3 is 2.26 bits per heavy atom. The van der Waals surface area contributed by atoms with Gasteiger partial charge in [-0.2, -0.15) is 0 Å². The highest BCUT2D eigenvalue weighted by Gasteiger charge is 2.37. The highest BCUT2D eigenvalue weighted by Crippen LogP contribution is 2.22. The van der Waals surface area contributed by atoms with Gasteiger partial charge in [0.05, 0.1) is 6.04 Å². The molecule has 0 N–H and O–H groups in total. The summed E-state index contributed by atoms with van der Waals surface area (Å²) in [6.07, 6.45) is 4.64. The topological polar surface area (TPSA) is 52.6 Å². The van der Waals surface area contributed by atoms with Gasteiger partial charge in [-0.05, 0) is 31.4 Å². The van der Waals surface area contributed by atoms with E-state index in [1.807, 2.05) is 24.2 Å². The Balaban J connectivity index is 1.33. The highest BCUT2D eigenvalue weighted by atomic mass is 16.2. The van der Waals surface area contributed by atoms with Crippen LogP contribution in [0, 0.1) is 13.8 Å². The van der Waals surface area contributed by atoms with E-state index in [-0.39, 0.29) is 11.9 Å². The smallest absolute Gasteiger partial charge is 0.240 e. The van der Waals surface area contributed by atoms with Crippen molar-refractivity contribution in [3.63, 3.8) is 0 Å². The SMILES string of the molecule is Cc1ccc(CN2CCC(N3CCN(c4ncc(C)cn4)CC3)C2=O)cc1. The van der Waals surface area contributed by atoms with Crippen molar-refractivity contribution in [3.8, 4) is 0 Å². The lowest BCUT2D eigenvalue weighted by atomic mass is 10.1. The normalized spacial score (nSPS) is 21.1. The molecule has 2 aliphatic heterocycles. The molecule has 1 unspecified atom stereocenters. The number of hydrogen-bond donors (Lipinski definition) is 0. The van der Waals surface area contributed by atoms with Crippen LogP contribution in [-0.4, -0.2) is 64.4 Å². The average Bonchev–Trinajstić information content (AvgIpc) is 3.05. The molecule has 1 amide bonds. The molecule has 1 aromatic carbocycles. The molecule has 142 valence electrons. The molecular weight excluding hydrogens is 338 g/mol. The van der Waals surface area contributed by atoms with Gasteiger partial charge in [-0.3, -0.25) is 9.69 Å². The highest BCUT2D eigenvalue weighted by molar-refractivity contribution is 5.84. The number of carbonyl (C=O) groups is 1. The molecule has 0 radical (unpaired) electrons. The molecule has 6 nitrogen and oxygen atoms in total. The first-order valence-electron chi connectivity index (χ1n) is 9.72. The van der Waals surface area contributed by atoms with Crippen LogP contribution in [0.25, 0.3) is 0 Å². The average molecular weight is 365 g/mol. The number of nitrogens with zero attached hydrogens (tertiary/aromatic N) is 5. The van der Waals surface area contributed by atoms with Gasteiger partial charge in [0.2, 0.25) is 11.9 Å². The lowest BCUT2D eigenvalue weighted by Crippen LogP contribution is -2.52. The van der Waals surface area contributed by atoms with Gasteiger partial charge < -0.3 is 9.80 Å². The van der Waals surface area contributed by atoms with Crippen LogP contribution in [0.5, 0.6) is 0 Å². The van der Waals surface area contributed by atoms with E-state index < -0.39 is 0 Å². The molecular formula is C21H27N5O. The van der Waals surface area contributed by atoms with Crippen LogP contribution in [0.1, 0.15) is 23.1 Å². The van der Waals surface area contributed by atoms with Crippen molar-refractivity contribution in [1.29, 1.82) is 0 Å². The van der Waals surface area contributed by atoms with Gasteiger partial charge in [-0.25, -0.2) is 9.97 Å². The Kier molecular flexibility index (Phi) is 5.07. The summed E-state index contributed by atoms with van der Waals surface area (Å²) in [6, 6.07) is 8.49. The maximum absolute atomic E-state index is 12.9. The number of aromatic nitrogens is 2. The molecule has 0 aliphatic carbocycles. The first-order chi connectivity index (χ1) is 13.1. The third-order valence-corrected chi connectivity index (χ3v) is 5.57. The minimum absolute atomic E-state index is 0.0246. The van der Waals surface area contributed by atoms with E-state index in [0.29, 0.717) is 6.54 Å². The van der Waals surface area contributed by atoms with E-state index in [0.717, 1.165) is 50.7 Å². The second-order valence-corrected chi connectivity index (χ2v) is 7.63. The zero-order valence-corrected chi connectivity index (χ0v) is 16.1. The fraction of sp³-hybridized carbons (Fsp3) is 0.476. The fourth-order valence-corrected chi connectivity index (χ4v) is 3.91. The maximum atomic E-state index is 12.9. The van der Waals surface area contributed by atoms with E-state index >= 15 is 0 Å². The summed E-state index contributed by atoms with van der Waals surface area (Å²) in [7, 11) is 0. The van der Waals surface area contributed by atoms with Crippen molar-refractivity contribution < 1.29 is 4.79 Å². The van der Waals surface area contributed by atoms with Crippen molar-refractivity contribution in [2.24, 2.45) is 0 Å². The van der Waals surface area contributed by atoms with Crippen molar-refractivity contribution in [2.45, 2.75) is 32.9 Å². The summed E-state index contributed by atoms with van der Waals surface area (Å²) in [4.78, 5) is 28.3. The molecule has 0 bridgehead atoms. The van der Waals surface area contributed by atoms with Gasteiger partial charge in [0.15, 0.2) is 0 Å². The molecule has 3 heterocycles. The van der Waals surface area contributed by atoms with Gasteiger partial charge in [-0.1, -0.05) is 29.8 Å². The Morgan fingerprint density at radius 1 is 0.926 bits per heavy atom. The fourth-order valence-electron chi connectivity index (χ4n) is 3.91. The third kappa shape index (κ3) is 3.95. The predicted octanol–water partition coefficient (Wildman–Crippen LogP) is 2.02. The number of likely N-dealkylation sites (tertiary alicyclic amines) is 1. The van der Waals surface area contributed by atoms with Crippen molar-refractivity contribution >= 4 is 11.9 Å². The standard InChI is InChI=1S/C21H27N5O/c1-16-3-5-18(6-4-16)15-26-8-7-19(20(26)27)24-9-11-25(12-10-24)21-22-13-17(2)14-23-21/h3-6,13-14,19H,7-12,15H2,1-2H3. The monoisotopic (exact) mass is 365 g/mol. The lowest BCUT2D eigenvalue weighted by Gasteiger charge is -2.37. The number of hydrogen-bond acceptors (Lipinski definition) is 5. The molecule has 2 aliphatic rings. The van der Waals surface area contributed by atoms with Gasteiger partial charge in [0, 0.05) is 51.7 Å². The van der Waals surface area contributed by atoms with Crippen LogP contribution < -0.4 is 4.90 Å². The number of piperazine rings is 1. The van der Waals surface area contributed by atoms with Crippen LogP contribution in [-0.2, 0) is 11.3 Å². The molecule has 4 rings (SSSR count). The first kappa shape index (κ1) is 17.9. The quantitative estimate of drug-likeness (QED) is 0.830. The zero-order valence-electron chi connectivity index (χ0n) is 16.1. The molecule has 2 fully saturated rings. The van der Waals surface area contributed by atoms with Crippen molar-refractivity contribution in [1.82, 2.24) is 19.8 Å². The van der Waals surface area contributed by atoms with Crippen LogP contribution in [0.2, 0.25) is 0 Å². The maximum Gasteiger partial charge on any atom is 0.240 e. The number of benzene rings is 1. The van der Waals surface area contributed by atoms with Gasteiger partial charge in [0.25, 0.3) is 0 Å². The van der Waals surface area contributed by atoms with Crippen LogP contribution in [0.15, 0.2) is 36.7 Å². The van der Waals surface area contributed by atoms with Crippen LogP contribution >= 0.6 is 0 Å². The number of aryl methyl sites for hydroxylation is 2. The molecule has 27 heavy (non-hydrogen) atoms. The zero-order chi connectivity index (χ0) is 18.8. The Hall–Kier alpha value is -2.47. The summed E-state index contributed by atoms with van der Waals surface area (Å²) in [5, 5.41) is 0. The number of carbonyl (C=O) groups excluding carboxylic acids is 1. The Labute approximate surface area is 160 Å². The Morgan fingerprint density at radius 2 is 1.59 bits per heavy atom. The number of amides is 1. The van der Waals surface area contributed by atoms with Crippen molar-refractivity contribution in [2.75, 3.05) is 37.6 Å². The second-order valence-electron chi connectivity index (χ2n) is 7.63.